The summed E-state index contributed by atoms with van der Waals surface area (Å²) in [5.74, 6) is 0. The molecule has 0 unspecified atom stereocenters. The number of nitrogens with two attached hydrogens (primary N) is 1. The van der Waals surface area contributed by atoms with Gasteiger partial charge in [0.15, 0.2) is 0 Å². The second kappa shape index (κ2) is 7.13. The third-order valence-electron chi connectivity index (χ3n) is 3.38. The van der Waals surface area contributed by atoms with Gasteiger partial charge in [0.05, 0.1) is 2.74 Å². The second-order valence-electron chi connectivity index (χ2n) is 4.93. The highest BCUT2D eigenvalue weighted by atomic mass is 32.3. The maximum Gasteiger partial charge on any atom is 0.252 e. The van der Waals surface area contributed by atoms with Crippen molar-refractivity contribution in [2.24, 2.45) is 5.14 Å². The van der Waals surface area contributed by atoms with Crippen molar-refractivity contribution >= 4 is 31.4 Å². The molecule has 3 N–H and O–H groups in total. The SMILES string of the molecule is [2H]C([2H])(CCN1C[C@H](NCC)c2cc(S(N)(=O)=O)sc2S1(=O)=O)OC. The number of rotatable bonds is 7. The topological polar surface area (TPSA) is 119 Å². The number of ether oxygens (including phenoxy) is 1. The fraction of sp³-hybridized carbons (Fsp3) is 0.667. The number of nitrogens with zero attached hydrogens (tertiary/aromatic N) is 1. The van der Waals surface area contributed by atoms with Gasteiger partial charge in [-0.1, -0.05) is 6.92 Å². The number of nitrogens with one attached hydrogen (secondary N) is 1. The Kier molecular flexibility index (Phi) is 4.94. The first-order valence-electron chi connectivity index (χ1n) is 7.87. The number of methoxy groups -OCH3 is 1. The highest BCUT2D eigenvalue weighted by molar-refractivity contribution is 7.94. The van der Waals surface area contributed by atoms with Crippen LogP contribution in [0.2, 0.25) is 0 Å². The Hall–Kier alpha value is -0.560. The molecule has 23 heavy (non-hydrogen) atoms. The van der Waals surface area contributed by atoms with Crippen LogP contribution in [0.4, 0.5) is 0 Å². The van der Waals surface area contributed by atoms with Crippen molar-refractivity contribution in [3.8, 4) is 0 Å². The van der Waals surface area contributed by atoms with E-state index in [2.05, 4.69) is 5.32 Å². The zero-order valence-corrected chi connectivity index (χ0v) is 15.2. The van der Waals surface area contributed by atoms with E-state index in [0.717, 1.165) is 4.31 Å². The molecule has 0 aromatic carbocycles. The van der Waals surface area contributed by atoms with E-state index >= 15 is 0 Å². The smallest absolute Gasteiger partial charge is 0.252 e. The fourth-order valence-electron chi connectivity index (χ4n) is 2.37. The molecule has 0 saturated heterocycles. The lowest BCUT2D eigenvalue weighted by molar-refractivity contribution is 0.185. The molecule has 0 saturated carbocycles. The van der Waals surface area contributed by atoms with Gasteiger partial charge in [-0.05, 0) is 19.0 Å². The monoisotopic (exact) mass is 385 g/mol. The molecule has 1 atom stereocenters. The summed E-state index contributed by atoms with van der Waals surface area (Å²) in [5, 5.41) is 8.26. The van der Waals surface area contributed by atoms with Crippen LogP contribution in [0.1, 0.15) is 27.7 Å². The molecule has 11 heteroatoms. The summed E-state index contributed by atoms with van der Waals surface area (Å²) >= 11 is 0.614. The third-order valence-corrected chi connectivity index (χ3v) is 8.34. The van der Waals surface area contributed by atoms with Crippen LogP contribution < -0.4 is 10.5 Å². The average Bonchev–Trinajstić information content (AvgIpc) is 2.96. The molecule has 1 aliphatic rings. The molecule has 1 aromatic heterocycles. The van der Waals surface area contributed by atoms with Crippen LogP contribution in [-0.4, -0.2) is 54.4 Å². The van der Waals surface area contributed by atoms with Gasteiger partial charge in [0.2, 0.25) is 10.0 Å². The van der Waals surface area contributed by atoms with Crippen LogP contribution >= 0.6 is 11.3 Å². The Labute approximate surface area is 143 Å². The van der Waals surface area contributed by atoms with Gasteiger partial charge in [-0.25, -0.2) is 22.0 Å². The summed E-state index contributed by atoms with van der Waals surface area (Å²) < 4.78 is 69.6. The predicted molar refractivity (Wildman–Crippen MR) is 87.4 cm³/mol. The van der Waals surface area contributed by atoms with Crippen LogP contribution in [0.3, 0.4) is 0 Å². The van der Waals surface area contributed by atoms with Crippen molar-refractivity contribution in [3.05, 3.63) is 11.6 Å². The van der Waals surface area contributed by atoms with Gasteiger partial charge in [0, 0.05) is 38.4 Å². The third kappa shape index (κ3) is 3.92. The van der Waals surface area contributed by atoms with E-state index in [1.165, 1.54) is 13.2 Å². The zero-order valence-electron chi connectivity index (χ0n) is 14.8. The van der Waals surface area contributed by atoms with Crippen LogP contribution in [0.15, 0.2) is 14.5 Å². The Bertz CT molecular complexity index is 838. The summed E-state index contributed by atoms with van der Waals surface area (Å²) in [5.41, 5.74) is 0.377. The van der Waals surface area contributed by atoms with E-state index in [1.807, 2.05) is 6.92 Å². The minimum atomic E-state index is -4.01. The quantitative estimate of drug-likeness (QED) is 0.686. The molecule has 0 fully saturated rings. The summed E-state index contributed by atoms with van der Waals surface area (Å²) in [7, 11) is -6.74. The first-order valence-corrected chi connectivity index (χ1v) is 10.7. The Balaban J connectivity index is 2.43. The molecule has 0 radical (unpaired) electrons. The van der Waals surface area contributed by atoms with E-state index in [1.54, 1.807) is 0 Å². The van der Waals surface area contributed by atoms with Gasteiger partial charge in [-0.15, -0.1) is 11.3 Å². The van der Waals surface area contributed by atoms with Crippen molar-refractivity contribution in [1.29, 1.82) is 0 Å². The molecule has 1 aliphatic heterocycles. The van der Waals surface area contributed by atoms with Crippen LogP contribution in [-0.2, 0) is 24.8 Å². The molecule has 0 bridgehead atoms. The Morgan fingerprint density at radius 1 is 1.61 bits per heavy atom. The molecule has 1 aromatic rings. The molecule has 0 aliphatic carbocycles. The standard InChI is InChI=1S/C12H21N3O5S3/c1-3-14-10-8-15(5-4-6-20-2)23(18,19)12-9(10)7-11(21-12)22(13,16)17/h7,10,14H,3-6,8H2,1-2H3,(H2,13,16,17)/t10-/m0/s1/i6D2. The maximum atomic E-state index is 12.8. The van der Waals surface area contributed by atoms with Gasteiger partial charge in [0.25, 0.3) is 10.0 Å². The van der Waals surface area contributed by atoms with Gasteiger partial charge in [-0.2, -0.15) is 4.31 Å². The lowest BCUT2D eigenvalue weighted by Gasteiger charge is -2.32. The summed E-state index contributed by atoms with van der Waals surface area (Å²) in [6, 6.07) is 0.898. The molecule has 2 heterocycles. The number of thiophene rings is 1. The predicted octanol–water partition coefficient (Wildman–Crippen LogP) is 0.0869. The summed E-state index contributed by atoms with van der Waals surface area (Å²) in [6.07, 6.45) is -0.148. The molecule has 132 valence electrons. The zero-order chi connectivity index (χ0) is 19.0. The van der Waals surface area contributed by atoms with Crippen LogP contribution in [0.25, 0.3) is 0 Å². The normalized spacial score (nSPS) is 23.2. The van der Waals surface area contributed by atoms with Gasteiger partial charge in [-0.3, -0.25) is 0 Å². The number of hydrogen-bond acceptors (Lipinski definition) is 7. The van der Waals surface area contributed by atoms with Crippen molar-refractivity contribution < 1.29 is 24.3 Å². The molecular formula is C12H21N3O5S3. The summed E-state index contributed by atoms with van der Waals surface area (Å²) in [6.45, 7) is 0.433. The number of fused-ring (bicyclic) bond motifs is 1. The number of likely N-dealkylation sites (N-methyl/N-ethyl adjacent to an activating group) is 1. The van der Waals surface area contributed by atoms with Crippen molar-refractivity contribution in [2.45, 2.75) is 27.8 Å². The van der Waals surface area contributed by atoms with E-state index in [9.17, 15) is 16.8 Å². The molecule has 8 nitrogen and oxygen atoms in total. The van der Waals surface area contributed by atoms with Crippen LogP contribution in [0.5, 0.6) is 0 Å². The Morgan fingerprint density at radius 2 is 2.30 bits per heavy atom. The van der Waals surface area contributed by atoms with Gasteiger partial charge < -0.3 is 10.1 Å². The van der Waals surface area contributed by atoms with Crippen molar-refractivity contribution in [3.63, 3.8) is 0 Å². The largest absolute Gasteiger partial charge is 0.385 e. The fourth-order valence-corrected chi connectivity index (χ4v) is 6.64. The number of primary sulfonamides is 1. The van der Waals surface area contributed by atoms with Gasteiger partial charge >= 0.3 is 0 Å². The minimum Gasteiger partial charge on any atom is -0.385 e. The van der Waals surface area contributed by atoms with E-state index in [4.69, 9.17) is 12.6 Å². The van der Waals surface area contributed by atoms with Crippen LogP contribution in [0, 0.1) is 0 Å². The average molecular weight is 386 g/mol. The van der Waals surface area contributed by atoms with E-state index < -0.39 is 32.6 Å². The molecule has 0 amide bonds. The molecule has 2 rings (SSSR count). The van der Waals surface area contributed by atoms with Crippen molar-refractivity contribution in [2.75, 3.05) is 33.3 Å². The van der Waals surface area contributed by atoms with E-state index in [0.29, 0.717) is 23.4 Å². The summed E-state index contributed by atoms with van der Waals surface area (Å²) in [4.78, 5) is 0. The maximum absolute atomic E-state index is 12.8. The van der Waals surface area contributed by atoms with Gasteiger partial charge in [0.1, 0.15) is 8.42 Å². The minimum absolute atomic E-state index is 0.0732. The number of hydrogen-bond donors (Lipinski definition) is 2. The highest BCUT2D eigenvalue weighted by Gasteiger charge is 2.39. The lowest BCUT2D eigenvalue weighted by Crippen LogP contribution is -2.43. The first kappa shape index (κ1) is 15.9. The lowest BCUT2D eigenvalue weighted by atomic mass is 10.1. The molecule has 0 spiro atoms. The van der Waals surface area contributed by atoms with Crippen molar-refractivity contribution in [1.82, 2.24) is 9.62 Å². The van der Waals surface area contributed by atoms with E-state index in [-0.39, 0.29) is 27.9 Å². The first-order chi connectivity index (χ1) is 11.4. The number of sulfonamides is 2. The highest BCUT2D eigenvalue weighted by Crippen LogP contribution is 2.39. The second-order valence-corrected chi connectivity index (χ2v) is 9.90. The Morgan fingerprint density at radius 3 is 2.87 bits per heavy atom. The molecular weight excluding hydrogens is 362 g/mol.